The lowest BCUT2D eigenvalue weighted by molar-refractivity contribution is 0.0698. The van der Waals surface area contributed by atoms with Crippen molar-refractivity contribution < 1.29 is 23.8 Å². The van der Waals surface area contributed by atoms with Crippen LogP contribution in [0.5, 0.6) is 5.75 Å². The second kappa shape index (κ2) is 5.10. The van der Waals surface area contributed by atoms with E-state index in [0.29, 0.717) is 11.1 Å². The van der Waals surface area contributed by atoms with Gasteiger partial charge in [0.25, 0.3) is 0 Å². The Labute approximate surface area is 109 Å². The number of carboxylic acid groups (broad SMARTS) is 1. The molecule has 0 aliphatic carbocycles. The van der Waals surface area contributed by atoms with Crippen LogP contribution in [0.1, 0.15) is 27.8 Å². The van der Waals surface area contributed by atoms with Crippen LogP contribution >= 0.6 is 12.4 Å². The number of benzene rings is 1. The van der Waals surface area contributed by atoms with Crippen molar-refractivity contribution in [2.24, 2.45) is 0 Å². The monoisotopic (exact) mass is 270 g/mol. The smallest absolute Gasteiger partial charge is 0.336 e. The van der Waals surface area contributed by atoms with Crippen LogP contribution in [0.25, 0.3) is 11.0 Å². The molecule has 0 radical (unpaired) electrons. The molecule has 1 aromatic carbocycles. The number of hydrogen-bond acceptors (Lipinski definition) is 4. The summed E-state index contributed by atoms with van der Waals surface area (Å²) in [5, 5.41) is 9.39. The van der Waals surface area contributed by atoms with Gasteiger partial charge in [-0.1, -0.05) is 0 Å². The van der Waals surface area contributed by atoms with Crippen molar-refractivity contribution in [1.29, 1.82) is 0 Å². The van der Waals surface area contributed by atoms with E-state index in [4.69, 9.17) is 14.3 Å². The summed E-state index contributed by atoms with van der Waals surface area (Å²) in [7, 11) is 1.45. The lowest BCUT2D eigenvalue weighted by atomic mass is 10.1. The molecule has 0 atom stereocenters. The summed E-state index contributed by atoms with van der Waals surface area (Å²) in [6.07, 6.45) is 0. The van der Waals surface area contributed by atoms with Crippen molar-refractivity contribution in [3.8, 4) is 5.75 Å². The first-order chi connectivity index (χ1) is 8.04. The number of hydrogen-bond donors (Lipinski definition) is 1. The normalized spacial score (nSPS) is 9.89. The number of methoxy groups -OCH3 is 1. The molecule has 5 nitrogen and oxygen atoms in total. The van der Waals surface area contributed by atoms with Gasteiger partial charge in [-0.15, -0.1) is 12.4 Å². The molecular formula is C12H11ClO5. The highest BCUT2D eigenvalue weighted by Crippen LogP contribution is 2.31. The highest BCUT2D eigenvalue weighted by molar-refractivity contribution is 6.06. The molecule has 0 spiro atoms. The molecule has 0 fully saturated rings. The van der Waals surface area contributed by atoms with Gasteiger partial charge in [0.1, 0.15) is 0 Å². The first kappa shape index (κ1) is 14.1. The van der Waals surface area contributed by atoms with Crippen LogP contribution in [0, 0.1) is 0 Å². The molecule has 96 valence electrons. The summed E-state index contributed by atoms with van der Waals surface area (Å²) >= 11 is 0. The van der Waals surface area contributed by atoms with E-state index in [1.54, 1.807) is 0 Å². The number of carbonyl (C=O) groups excluding carboxylic acids is 1. The maximum atomic E-state index is 11.2. The fourth-order valence-corrected chi connectivity index (χ4v) is 1.62. The third kappa shape index (κ3) is 2.17. The van der Waals surface area contributed by atoms with Gasteiger partial charge in [-0.2, -0.15) is 0 Å². The number of halogens is 1. The van der Waals surface area contributed by atoms with Gasteiger partial charge in [0, 0.05) is 12.3 Å². The predicted molar refractivity (Wildman–Crippen MR) is 67.0 cm³/mol. The zero-order valence-electron chi connectivity index (χ0n) is 9.72. The van der Waals surface area contributed by atoms with Gasteiger partial charge in [-0.3, -0.25) is 4.79 Å². The molecule has 0 saturated heterocycles. The van der Waals surface area contributed by atoms with Crippen LogP contribution in [0.3, 0.4) is 0 Å². The number of ether oxygens (including phenoxy) is 1. The van der Waals surface area contributed by atoms with Gasteiger partial charge in [0.15, 0.2) is 22.9 Å². The fraction of sp³-hybridized carbons (Fsp3) is 0.167. The first-order valence-electron chi connectivity index (χ1n) is 4.89. The van der Waals surface area contributed by atoms with Crippen LogP contribution in [0.2, 0.25) is 0 Å². The number of fused-ring (bicyclic) bond motifs is 1. The molecule has 0 bridgehead atoms. The topological polar surface area (TPSA) is 76.7 Å². The summed E-state index contributed by atoms with van der Waals surface area (Å²) in [6.45, 7) is 1.35. The molecule has 1 N–H and O–H groups in total. The molecule has 0 aliphatic heterocycles. The lowest BCUT2D eigenvalue weighted by Gasteiger charge is -2.01. The van der Waals surface area contributed by atoms with Crippen molar-refractivity contribution in [2.75, 3.05) is 7.11 Å². The van der Waals surface area contributed by atoms with Gasteiger partial charge in [-0.05, 0) is 18.2 Å². The minimum atomic E-state index is -1.08. The lowest BCUT2D eigenvalue weighted by Crippen LogP contribution is -1.97. The number of aromatic carboxylic acids is 1. The van der Waals surface area contributed by atoms with Gasteiger partial charge in [0.05, 0.1) is 12.7 Å². The van der Waals surface area contributed by atoms with E-state index in [-0.39, 0.29) is 35.1 Å². The first-order valence-corrected chi connectivity index (χ1v) is 4.89. The standard InChI is InChI=1S/C12H10O5.ClH/c1-6(13)10-5-8-7(12(14)15)3-4-9(16-2)11(8)17-10;/h3-5H,1-2H3,(H,14,15);1H. The summed E-state index contributed by atoms with van der Waals surface area (Å²) in [6, 6.07) is 4.34. The van der Waals surface area contributed by atoms with E-state index in [1.165, 1.54) is 32.2 Å². The Hall–Kier alpha value is -2.01. The van der Waals surface area contributed by atoms with E-state index < -0.39 is 5.97 Å². The number of carbonyl (C=O) groups is 2. The molecular weight excluding hydrogens is 260 g/mol. The average molecular weight is 271 g/mol. The molecule has 1 heterocycles. The van der Waals surface area contributed by atoms with Crippen molar-refractivity contribution >= 4 is 35.1 Å². The van der Waals surface area contributed by atoms with E-state index in [1.807, 2.05) is 0 Å². The zero-order valence-corrected chi connectivity index (χ0v) is 10.5. The van der Waals surface area contributed by atoms with E-state index in [2.05, 4.69) is 0 Å². The Morgan fingerprint density at radius 1 is 1.33 bits per heavy atom. The van der Waals surface area contributed by atoms with Crippen LogP contribution in [0.4, 0.5) is 0 Å². The van der Waals surface area contributed by atoms with Crippen LogP contribution in [-0.4, -0.2) is 24.0 Å². The number of ketones is 1. The van der Waals surface area contributed by atoms with Crippen molar-refractivity contribution in [1.82, 2.24) is 0 Å². The molecule has 0 aliphatic rings. The molecule has 2 rings (SSSR count). The average Bonchev–Trinajstić information content (AvgIpc) is 2.71. The van der Waals surface area contributed by atoms with Crippen LogP contribution in [0.15, 0.2) is 22.6 Å². The number of carboxylic acids is 1. The highest BCUT2D eigenvalue weighted by atomic mass is 35.5. The van der Waals surface area contributed by atoms with Crippen LogP contribution in [-0.2, 0) is 0 Å². The number of furan rings is 1. The summed E-state index contributed by atoms with van der Waals surface area (Å²) in [5.74, 6) is -0.822. The summed E-state index contributed by atoms with van der Waals surface area (Å²) < 4.78 is 10.4. The molecule has 2 aromatic rings. The minimum Gasteiger partial charge on any atom is -0.493 e. The van der Waals surface area contributed by atoms with E-state index in [0.717, 1.165) is 0 Å². The third-order valence-electron chi connectivity index (χ3n) is 2.44. The second-order valence-electron chi connectivity index (χ2n) is 3.53. The maximum absolute atomic E-state index is 11.2. The molecule has 1 aromatic heterocycles. The molecule has 0 amide bonds. The Balaban J connectivity index is 0.00000162. The van der Waals surface area contributed by atoms with E-state index >= 15 is 0 Å². The predicted octanol–water partition coefficient (Wildman–Crippen LogP) is 2.76. The van der Waals surface area contributed by atoms with E-state index in [9.17, 15) is 9.59 Å². The quantitative estimate of drug-likeness (QED) is 0.868. The summed E-state index contributed by atoms with van der Waals surface area (Å²) in [4.78, 5) is 22.2. The summed E-state index contributed by atoms with van der Waals surface area (Å²) in [5.41, 5.74) is 0.356. The molecule has 18 heavy (non-hydrogen) atoms. The third-order valence-corrected chi connectivity index (χ3v) is 2.44. The Kier molecular flexibility index (Phi) is 3.98. The highest BCUT2D eigenvalue weighted by Gasteiger charge is 2.18. The SMILES string of the molecule is COc1ccc(C(=O)O)c2cc(C(C)=O)oc12.Cl. The fourth-order valence-electron chi connectivity index (χ4n) is 1.62. The minimum absolute atomic E-state index is 0. The maximum Gasteiger partial charge on any atom is 0.336 e. The number of Topliss-reactive ketones (excluding diaryl/α,β-unsaturated/α-hetero) is 1. The largest absolute Gasteiger partial charge is 0.493 e. The molecule has 6 heteroatoms. The molecule has 0 saturated carbocycles. The molecule has 0 unspecified atom stereocenters. The van der Waals surface area contributed by atoms with Gasteiger partial charge < -0.3 is 14.3 Å². The Morgan fingerprint density at radius 2 is 2.00 bits per heavy atom. The second-order valence-corrected chi connectivity index (χ2v) is 3.53. The van der Waals surface area contributed by atoms with Gasteiger partial charge in [-0.25, -0.2) is 4.79 Å². The van der Waals surface area contributed by atoms with Crippen molar-refractivity contribution in [2.45, 2.75) is 6.92 Å². The Morgan fingerprint density at radius 3 is 2.50 bits per heavy atom. The van der Waals surface area contributed by atoms with Crippen molar-refractivity contribution in [3.05, 3.63) is 29.5 Å². The van der Waals surface area contributed by atoms with Crippen molar-refractivity contribution in [3.63, 3.8) is 0 Å². The van der Waals surface area contributed by atoms with Gasteiger partial charge >= 0.3 is 5.97 Å². The zero-order chi connectivity index (χ0) is 12.6. The van der Waals surface area contributed by atoms with Crippen LogP contribution < -0.4 is 4.74 Å². The number of rotatable bonds is 3. The van der Waals surface area contributed by atoms with Gasteiger partial charge in [0.2, 0.25) is 0 Å². The Bertz CT molecular complexity index is 614.